The van der Waals surface area contributed by atoms with E-state index in [4.69, 9.17) is 4.74 Å². The van der Waals surface area contributed by atoms with Crippen molar-refractivity contribution in [3.05, 3.63) is 70.9 Å². The Labute approximate surface area is 185 Å². The zero-order valence-electron chi connectivity index (χ0n) is 17.6. The quantitative estimate of drug-likeness (QED) is 0.515. The van der Waals surface area contributed by atoms with Crippen LogP contribution in [0.4, 0.5) is 5.69 Å². The Morgan fingerprint density at radius 2 is 1.71 bits per heavy atom. The van der Waals surface area contributed by atoms with Crippen LogP contribution >= 0.6 is 11.3 Å². The molecule has 3 heterocycles. The molecule has 2 aromatic carbocycles. The summed E-state index contributed by atoms with van der Waals surface area (Å²) >= 11 is 1.49. The molecule has 0 spiro atoms. The zero-order valence-corrected chi connectivity index (χ0v) is 18.4. The molecule has 7 nitrogen and oxygen atoms in total. The number of aromatic nitrogens is 3. The Hall–Kier alpha value is -3.10. The van der Waals surface area contributed by atoms with Gasteiger partial charge in [0.05, 0.1) is 18.0 Å². The molecule has 1 fully saturated rings. The first kappa shape index (κ1) is 19.8. The number of rotatable bonds is 5. The molecule has 0 amide bonds. The highest BCUT2D eigenvalue weighted by atomic mass is 32.1. The molecule has 0 bridgehead atoms. The second-order valence-electron chi connectivity index (χ2n) is 7.65. The molecular formula is C23H25N5O2S. The molecule has 31 heavy (non-hydrogen) atoms. The minimum absolute atomic E-state index is 0.136. The molecule has 8 heteroatoms. The van der Waals surface area contributed by atoms with Gasteiger partial charge in [0.25, 0.3) is 0 Å². The van der Waals surface area contributed by atoms with Gasteiger partial charge in [-0.25, -0.2) is 4.98 Å². The van der Waals surface area contributed by atoms with E-state index >= 15 is 0 Å². The minimum atomic E-state index is -0.136. The Kier molecular flexibility index (Phi) is 5.25. The van der Waals surface area contributed by atoms with E-state index < -0.39 is 0 Å². The van der Waals surface area contributed by atoms with Crippen molar-refractivity contribution in [1.82, 2.24) is 19.5 Å². The fourth-order valence-electron chi connectivity index (χ4n) is 4.30. The van der Waals surface area contributed by atoms with Crippen LogP contribution in [0.5, 0.6) is 11.6 Å². The van der Waals surface area contributed by atoms with Gasteiger partial charge in [-0.15, -0.1) is 5.10 Å². The molecule has 1 aliphatic rings. The number of para-hydroxylation sites is 2. The summed E-state index contributed by atoms with van der Waals surface area (Å²) in [6.45, 7) is 5.39. The number of methoxy groups -OCH3 is 1. The average Bonchev–Trinajstić information content (AvgIpc) is 3.32. The van der Waals surface area contributed by atoms with Gasteiger partial charge in [-0.1, -0.05) is 47.7 Å². The Bertz CT molecular complexity index is 1180. The first-order chi connectivity index (χ1) is 15.2. The summed E-state index contributed by atoms with van der Waals surface area (Å²) < 4.78 is 7.23. The van der Waals surface area contributed by atoms with E-state index in [1.807, 2.05) is 31.2 Å². The van der Waals surface area contributed by atoms with Crippen LogP contribution in [0.3, 0.4) is 0 Å². The Balaban J connectivity index is 1.52. The normalized spacial score (nSPS) is 16.0. The summed E-state index contributed by atoms with van der Waals surface area (Å²) in [5.41, 5.74) is 2.28. The van der Waals surface area contributed by atoms with E-state index in [1.54, 1.807) is 7.11 Å². The molecule has 1 saturated heterocycles. The third-order valence-electron chi connectivity index (χ3n) is 5.79. The number of ether oxygens (including phenoxy) is 1. The monoisotopic (exact) mass is 435 g/mol. The van der Waals surface area contributed by atoms with Crippen LogP contribution in [0.2, 0.25) is 0 Å². The molecule has 0 saturated carbocycles. The summed E-state index contributed by atoms with van der Waals surface area (Å²) in [6, 6.07) is 18.4. The van der Waals surface area contributed by atoms with Crippen LogP contribution in [-0.4, -0.2) is 57.9 Å². The molecule has 0 unspecified atom stereocenters. The van der Waals surface area contributed by atoms with Crippen LogP contribution in [0.1, 0.15) is 22.3 Å². The number of hydrogen-bond acceptors (Lipinski definition) is 7. The molecule has 1 aliphatic heterocycles. The van der Waals surface area contributed by atoms with E-state index in [2.05, 4.69) is 50.2 Å². The molecule has 5 rings (SSSR count). The van der Waals surface area contributed by atoms with Crippen LogP contribution < -0.4 is 9.64 Å². The highest BCUT2D eigenvalue weighted by Gasteiger charge is 2.33. The largest absolute Gasteiger partial charge is 0.496 e. The lowest BCUT2D eigenvalue weighted by Crippen LogP contribution is -2.47. The van der Waals surface area contributed by atoms with Crippen molar-refractivity contribution in [2.24, 2.45) is 0 Å². The topological polar surface area (TPSA) is 66.1 Å². The number of thiazole rings is 1. The van der Waals surface area contributed by atoms with Gasteiger partial charge in [0.2, 0.25) is 10.8 Å². The van der Waals surface area contributed by atoms with Crippen LogP contribution in [-0.2, 0) is 0 Å². The lowest BCUT2D eigenvalue weighted by Gasteiger charge is -2.40. The number of hydrogen-bond donors (Lipinski definition) is 1. The number of fused-ring (bicyclic) bond motifs is 1. The summed E-state index contributed by atoms with van der Waals surface area (Å²) in [7, 11) is 1.69. The maximum absolute atomic E-state index is 11.1. The fourth-order valence-corrected chi connectivity index (χ4v) is 5.45. The molecular weight excluding hydrogens is 410 g/mol. The molecule has 0 radical (unpaired) electrons. The molecule has 1 atom stereocenters. The third kappa shape index (κ3) is 3.62. The van der Waals surface area contributed by atoms with Crippen LogP contribution in [0.15, 0.2) is 54.6 Å². The van der Waals surface area contributed by atoms with Crippen LogP contribution in [0, 0.1) is 6.92 Å². The number of anilines is 1. The van der Waals surface area contributed by atoms with Gasteiger partial charge in [0, 0.05) is 37.4 Å². The lowest BCUT2D eigenvalue weighted by atomic mass is 10.0. The van der Waals surface area contributed by atoms with Crippen molar-refractivity contribution >= 4 is 22.0 Å². The van der Waals surface area contributed by atoms with E-state index in [1.165, 1.54) is 21.5 Å². The van der Waals surface area contributed by atoms with Gasteiger partial charge >= 0.3 is 0 Å². The maximum atomic E-state index is 11.1. The van der Waals surface area contributed by atoms with Crippen molar-refractivity contribution in [3.63, 3.8) is 0 Å². The second kappa shape index (κ2) is 8.20. The number of aromatic hydroxyl groups is 1. The van der Waals surface area contributed by atoms with Gasteiger partial charge in [-0.3, -0.25) is 4.90 Å². The maximum Gasteiger partial charge on any atom is 0.230 e. The van der Waals surface area contributed by atoms with Crippen molar-refractivity contribution in [2.75, 3.05) is 38.2 Å². The average molecular weight is 436 g/mol. The molecule has 2 aromatic heterocycles. The summed E-state index contributed by atoms with van der Waals surface area (Å²) in [5, 5.41) is 15.4. The predicted octanol–water partition coefficient (Wildman–Crippen LogP) is 3.73. The Morgan fingerprint density at radius 3 is 2.42 bits per heavy atom. The second-order valence-corrected chi connectivity index (χ2v) is 8.66. The highest BCUT2D eigenvalue weighted by Crippen LogP contribution is 2.43. The fraction of sp³-hybridized carbons (Fsp3) is 0.304. The van der Waals surface area contributed by atoms with Crippen molar-refractivity contribution in [3.8, 4) is 11.6 Å². The number of benzene rings is 2. The van der Waals surface area contributed by atoms with Gasteiger partial charge in [0.1, 0.15) is 11.6 Å². The van der Waals surface area contributed by atoms with Gasteiger partial charge in [-0.05, 0) is 25.1 Å². The van der Waals surface area contributed by atoms with E-state index in [0.29, 0.717) is 10.8 Å². The van der Waals surface area contributed by atoms with Crippen LogP contribution in [0.25, 0.3) is 4.96 Å². The molecule has 4 aromatic rings. The third-order valence-corrected chi connectivity index (χ3v) is 6.86. The standard InChI is InChI=1S/C23H25N5O2S/c1-16-24-23-28(25-16)22(29)21(31-23)20(18-10-6-7-11-19(18)30-2)27-14-12-26(13-15-27)17-8-4-3-5-9-17/h3-11,20,29H,12-15H2,1-2H3/t20-/m0/s1. The minimum Gasteiger partial charge on any atom is -0.496 e. The smallest absolute Gasteiger partial charge is 0.230 e. The van der Waals surface area contributed by atoms with Gasteiger partial charge < -0.3 is 14.7 Å². The summed E-state index contributed by atoms with van der Waals surface area (Å²) in [5.74, 6) is 1.62. The van der Waals surface area contributed by atoms with Crippen molar-refractivity contribution in [2.45, 2.75) is 13.0 Å². The summed E-state index contributed by atoms with van der Waals surface area (Å²) in [6.07, 6.45) is 0. The van der Waals surface area contributed by atoms with Gasteiger partial charge in [-0.2, -0.15) is 4.52 Å². The molecule has 0 aliphatic carbocycles. The predicted molar refractivity (Wildman–Crippen MR) is 122 cm³/mol. The molecule has 1 N–H and O–H groups in total. The highest BCUT2D eigenvalue weighted by molar-refractivity contribution is 7.17. The molecule has 160 valence electrons. The van der Waals surface area contributed by atoms with Crippen molar-refractivity contribution < 1.29 is 9.84 Å². The number of piperazine rings is 1. The SMILES string of the molecule is COc1ccccc1[C@@H](c1sc2nc(C)nn2c1O)N1CCN(c2ccccc2)CC1. The zero-order chi connectivity index (χ0) is 21.4. The number of aryl methyl sites for hydroxylation is 1. The first-order valence-electron chi connectivity index (χ1n) is 10.4. The van der Waals surface area contributed by atoms with E-state index in [-0.39, 0.29) is 11.9 Å². The van der Waals surface area contributed by atoms with Gasteiger partial charge in [0.15, 0.2) is 0 Å². The first-order valence-corrected chi connectivity index (χ1v) is 11.2. The van der Waals surface area contributed by atoms with Crippen molar-refractivity contribution in [1.29, 1.82) is 0 Å². The van der Waals surface area contributed by atoms with E-state index in [0.717, 1.165) is 42.4 Å². The number of nitrogens with zero attached hydrogens (tertiary/aromatic N) is 5. The Morgan fingerprint density at radius 1 is 1.00 bits per heavy atom. The lowest BCUT2D eigenvalue weighted by molar-refractivity contribution is 0.207. The van der Waals surface area contributed by atoms with E-state index in [9.17, 15) is 5.11 Å². The summed E-state index contributed by atoms with van der Waals surface area (Å²) in [4.78, 5) is 10.8.